The Morgan fingerprint density at radius 1 is 1.59 bits per heavy atom. The maximum absolute atomic E-state index is 10.8. The SMILES string of the molecule is Cc1nn(CCOS(C)(=O)=O)c(N)c1C(=O)O. The molecule has 0 fully saturated rings. The molecule has 0 aliphatic heterocycles. The Balaban J connectivity index is 2.80. The molecule has 0 aliphatic rings. The molecule has 0 radical (unpaired) electrons. The van der Waals surface area contributed by atoms with Gasteiger partial charge in [-0.3, -0.25) is 4.18 Å². The lowest BCUT2D eigenvalue weighted by atomic mass is 10.2. The number of nitrogens with two attached hydrogens (primary N) is 1. The van der Waals surface area contributed by atoms with Gasteiger partial charge in [-0.1, -0.05) is 0 Å². The van der Waals surface area contributed by atoms with Crippen LogP contribution < -0.4 is 5.73 Å². The molecule has 1 rings (SSSR count). The van der Waals surface area contributed by atoms with Crippen LogP contribution in [0.25, 0.3) is 0 Å². The lowest BCUT2D eigenvalue weighted by molar-refractivity contribution is 0.0697. The lowest BCUT2D eigenvalue weighted by Gasteiger charge is -2.03. The molecule has 1 aromatic rings. The molecule has 0 unspecified atom stereocenters. The number of carboxylic acid groups (broad SMARTS) is 1. The van der Waals surface area contributed by atoms with Crippen molar-refractivity contribution in [3.05, 3.63) is 11.3 Å². The minimum atomic E-state index is -3.53. The molecule has 17 heavy (non-hydrogen) atoms. The van der Waals surface area contributed by atoms with Crippen LogP contribution in [0, 0.1) is 6.92 Å². The lowest BCUT2D eigenvalue weighted by Crippen LogP contribution is -2.13. The van der Waals surface area contributed by atoms with Gasteiger partial charge in [0, 0.05) is 0 Å². The van der Waals surface area contributed by atoms with E-state index in [9.17, 15) is 13.2 Å². The van der Waals surface area contributed by atoms with E-state index >= 15 is 0 Å². The minimum absolute atomic E-state index is 0.0212. The molecule has 8 nitrogen and oxygen atoms in total. The number of anilines is 1. The number of hydrogen-bond donors (Lipinski definition) is 2. The van der Waals surface area contributed by atoms with Crippen molar-refractivity contribution in [2.45, 2.75) is 13.5 Å². The Kier molecular flexibility index (Phi) is 3.73. The van der Waals surface area contributed by atoms with E-state index in [0.717, 1.165) is 6.26 Å². The Morgan fingerprint density at radius 3 is 2.59 bits per heavy atom. The first kappa shape index (κ1) is 13.5. The summed E-state index contributed by atoms with van der Waals surface area (Å²) < 4.78 is 27.1. The fraction of sp³-hybridized carbons (Fsp3) is 0.500. The van der Waals surface area contributed by atoms with Gasteiger partial charge >= 0.3 is 5.97 Å². The van der Waals surface area contributed by atoms with E-state index < -0.39 is 16.1 Å². The van der Waals surface area contributed by atoms with Gasteiger partial charge in [0.2, 0.25) is 0 Å². The van der Waals surface area contributed by atoms with Crippen LogP contribution in [-0.2, 0) is 20.8 Å². The van der Waals surface area contributed by atoms with Gasteiger partial charge in [-0.2, -0.15) is 13.5 Å². The average molecular weight is 263 g/mol. The topological polar surface area (TPSA) is 125 Å². The Morgan fingerprint density at radius 2 is 2.18 bits per heavy atom. The van der Waals surface area contributed by atoms with Crippen molar-refractivity contribution < 1.29 is 22.5 Å². The van der Waals surface area contributed by atoms with Crippen molar-refractivity contribution >= 4 is 21.9 Å². The zero-order valence-corrected chi connectivity index (χ0v) is 10.2. The van der Waals surface area contributed by atoms with Gasteiger partial charge in [-0.15, -0.1) is 0 Å². The first-order valence-electron chi connectivity index (χ1n) is 4.63. The molecule has 0 aliphatic carbocycles. The van der Waals surface area contributed by atoms with Crippen molar-refractivity contribution in [1.29, 1.82) is 0 Å². The summed E-state index contributed by atoms with van der Waals surface area (Å²) in [5.74, 6) is -1.19. The van der Waals surface area contributed by atoms with Crippen molar-refractivity contribution in [2.75, 3.05) is 18.6 Å². The van der Waals surface area contributed by atoms with Gasteiger partial charge < -0.3 is 10.8 Å². The number of carboxylic acids is 1. The van der Waals surface area contributed by atoms with Crippen molar-refractivity contribution in [2.24, 2.45) is 0 Å². The smallest absolute Gasteiger partial charge is 0.341 e. The second kappa shape index (κ2) is 4.72. The molecule has 0 aromatic carbocycles. The normalized spacial score (nSPS) is 11.6. The van der Waals surface area contributed by atoms with Gasteiger partial charge in [0.25, 0.3) is 10.1 Å². The molecule has 0 spiro atoms. The van der Waals surface area contributed by atoms with Crippen LogP contribution in [0.15, 0.2) is 0 Å². The number of aromatic nitrogens is 2. The average Bonchev–Trinajstić information content (AvgIpc) is 2.39. The van der Waals surface area contributed by atoms with Crippen molar-refractivity contribution in [3.8, 4) is 0 Å². The molecule has 0 saturated carbocycles. The third kappa shape index (κ3) is 3.43. The highest BCUT2D eigenvalue weighted by Crippen LogP contribution is 2.15. The molecule has 0 atom stereocenters. The molecule has 0 saturated heterocycles. The zero-order valence-electron chi connectivity index (χ0n) is 9.37. The Hall–Kier alpha value is -1.61. The van der Waals surface area contributed by atoms with E-state index in [1.165, 1.54) is 11.6 Å². The monoisotopic (exact) mass is 263 g/mol. The maximum Gasteiger partial charge on any atom is 0.341 e. The summed E-state index contributed by atoms with van der Waals surface area (Å²) >= 11 is 0. The third-order valence-electron chi connectivity index (χ3n) is 1.98. The van der Waals surface area contributed by atoms with Crippen molar-refractivity contribution in [3.63, 3.8) is 0 Å². The van der Waals surface area contributed by atoms with Crippen LogP contribution in [-0.4, -0.2) is 42.1 Å². The summed E-state index contributed by atoms with van der Waals surface area (Å²) in [6.07, 6.45) is 0.924. The Labute approximate surface area is 98.1 Å². The summed E-state index contributed by atoms with van der Waals surface area (Å²) in [7, 11) is -3.53. The van der Waals surface area contributed by atoms with Gasteiger partial charge in [0.1, 0.15) is 11.4 Å². The number of nitrogens with zero attached hydrogens (tertiary/aromatic N) is 2. The maximum atomic E-state index is 10.8. The van der Waals surface area contributed by atoms with Crippen molar-refractivity contribution in [1.82, 2.24) is 9.78 Å². The predicted molar refractivity (Wildman–Crippen MR) is 59.1 cm³/mol. The molecule has 0 amide bonds. The first-order valence-corrected chi connectivity index (χ1v) is 6.44. The summed E-state index contributed by atoms with van der Waals surface area (Å²) in [6.45, 7) is 1.42. The van der Waals surface area contributed by atoms with E-state index in [1.54, 1.807) is 0 Å². The van der Waals surface area contributed by atoms with Gasteiger partial charge in [0.15, 0.2) is 0 Å². The molecular formula is C8H13N3O5S. The van der Waals surface area contributed by atoms with E-state index in [0.29, 0.717) is 0 Å². The molecule has 96 valence electrons. The fourth-order valence-corrected chi connectivity index (χ4v) is 1.69. The second-order valence-electron chi connectivity index (χ2n) is 3.40. The highest BCUT2D eigenvalue weighted by Gasteiger charge is 2.18. The van der Waals surface area contributed by atoms with Gasteiger partial charge in [0.05, 0.1) is 25.1 Å². The third-order valence-corrected chi connectivity index (χ3v) is 2.58. The minimum Gasteiger partial charge on any atom is -0.477 e. The molecule has 9 heteroatoms. The number of aromatic carboxylic acids is 1. The van der Waals surface area contributed by atoms with E-state index in [1.807, 2.05) is 0 Å². The van der Waals surface area contributed by atoms with Crippen LogP contribution in [0.5, 0.6) is 0 Å². The van der Waals surface area contributed by atoms with Crippen LogP contribution in [0.2, 0.25) is 0 Å². The molecule has 0 bridgehead atoms. The number of aryl methyl sites for hydroxylation is 1. The number of carbonyl (C=O) groups is 1. The Bertz CT molecular complexity index is 534. The number of hydrogen-bond acceptors (Lipinski definition) is 6. The first-order chi connectivity index (χ1) is 7.72. The van der Waals surface area contributed by atoms with E-state index in [-0.39, 0.29) is 30.2 Å². The van der Waals surface area contributed by atoms with Crippen LogP contribution >= 0.6 is 0 Å². The predicted octanol–water partition coefficient (Wildman–Crippen LogP) is -0.552. The standard InChI is InChI=1S/C8H13N3O5S/c1-5-6(8(12)13)7(9)11(10-5)3-4-16-17(2,14)15/h3-4,9H2,1-2H3,(H,12,13). The quantitative estimate of drug-likeness (QED) is 0.682. The van der Waals surface area contributed by atoms with E-state index in [4.69, 9.17) is 10.8 Å². The van der Waals surface area contributed by atoms with Crippen LogP contribution in [0.4, 0.5) is 5.82 Å². The van der Waals surface area contributed by atoms with Gasteiger partial charge in [-0.25, -0.2) is 9.48 Å². The second-order valence-corrected chi connectivity index (χ2v) is 5.04. The molecule has 3 N–H and O–H groups in total. The largest absolute Gasteiger partial charge is 0.477 e. The highest BCUT2D eigenvalue weighted by molar-refractivity contribution is 7.85. The molecule has 1 aromatic heterocycles. The highest BCUT2D eigenvalue weighted by atomic mass is 32.2. The summed E-state index contributed by atoms with van der Waals surface area (Å²) in [4.78, 5) is 10.8. The summed E-state index contributed by atoms with van der Waals surface area (Å²) in [6, 6.07) is 0. The molecular weight excluding hydrogens is 250 g/mol. The van der Waals surface area contributed by atoms with E-state index in [2.05, 4.69) is 9.28 Å². The summed E-state index contributed by atoms with van der Waals surface area (Å²) in [5, 5.41) is 12.7. The molecule has 1 heterocycles. The summed E-state index contributed by atoms with van der Waals surface area (Å²) in [5.41, 5.74) is 5.76. The number of rotatable bonds is 5. The fourth-order valence-electron chi connectivity index (χ4n) is 1.31. The van der Waals surface area contributed by atoms with Gasteiger partial charge in [-0.05, 0) is 6.92 Å². The van der Waals surface area contributed by atoms with Crippen LogP contribution in [0.1, 0.15) is 16.1 Å². The number of nitrogen functional groups attached to an aromatic ring is 1. The zero-order chi connectivity index (χ0) is 13.2. The van der Waals surface area contributed by atoms with Crippen LogP contribution in [0.3, 0.4) is 0 Å².